The van der Waals surface area contributed by atoms with E-state index in [9.17, 15) is 4.79 Å². The average Bonchev–Trinajstić information content (AvgIpc) is 2.40. The van der Waals surface area contributed by atoms with Crippen molar-refractivity contribution in [3.05, 3.63) is 0 Å². The topological polar surface area (TPSA) is 29.5 Å². The van der Waals surface area contributed by atoms with Crippen molar-refractivity contribution in [2.24, 2.45) is 0 Å². The van der Waals surface area contributed by atoms with Crippen LogP contribution in [0.4, 0.5) is 0 Å². The summed E-state index contributed by atoms with van der Waals surface area (Å²) in [7, 11) is 0. The fourth-order valence-electron chi connectivity index (χ4n) is 2.15. The zero-order valence-corrected chi connectivity index (χ0v) is 12.2. The summed E-state index contributed by atoms with van der Waals surface area (Å²) in [6.07, 6.45) is 10.1. The number of hydrogen-bond donors (Lipinski definition) is 0. The summed E-state index contributed by atoms with van der Waals surface area (Å²) >= 11 is 0. The minimum absolute atomic E-state index is 0.535. The average molecular weight is 256 g/mol. The van der Waals surface area contributed by atoms with Gasteiger partial charge in [0.15, 0.2) is 0 Å². The van der Waals surface area contributed by atoms with Crippen LogP contribution in [0.1, 0.15) is 65.2 Å². The first-order valence-corrected chi connectivity index (χ1v) is 7.56. The summed E-state index contributed by atoms with van der Waals surface area (Å²) in [6.45, 7) is 10.1. The molecule has 0 heterocycles. The predicted molar refractivity (Wildman–Crippen MR) is 76.4 cm³/mol. The molecule has 107 valence electrons. The first-order valence-electron chi connectivity index (χ1n) is 7.56. The Morgan fingerprint density at radius 3 is 1.83 bits per heavy atom. The molecule has 3 nitrogen and oxygen atoms in total. The van der Waals surface area contributed by atoms with Gasteiger partial charge in [0.25, 0.3) is 0 Å². The minimum atomic E-state index is 0.535. The molecule has 0 amide bonds. The number of carbonyl (C=O) groups excluding carboxylic acids is 1. The Morgan fingerprint density at radius 2 is 1.33 bits per heavy atom. The quantitative estimate of drug-likeness (QED) is 0.445. The molecule has 3 heteroatoms. The maximum Gasteiger partial charge on any atom is 0.417 e. The van der Waals surface area contributed by atoms with E-state index in [1.807, 2.05) is 0 Å². The highest BCUT2D eigenvalue weighted by atomic mass is 16.5. The number of hydrogen-bond acceptors (Lipinski definition) is 3. The zero-order valence-electron chi connectivity index (χ0n) is 12.2. The molecule has 0 aliphatic rings. The summed E-state index contributed by atoms with van der Waals surface area (Å²) in [4.78, 5) is 12.3. The first kappa shape index (κ1) is 17.4. The van der Waals surface area contributed by atoms with E-state index in [0.717, 1.165) is 6.42 Å². The number of unbranched alkanes of at least 4 members (excludes halogenated alkanes) is 7. The summed E-state index contributed by atoms with van der Waals surface area (Å²) in [6, 6.07) is 0. The maximum atomic E-state index is 9.78. The van der Waals surface area contributed by atoms with Gasteiger partial charge in [0.1, 0.15) is 0 Å². The second kappa shape index (κ2) is 14.5. The highest BCUT2D eigenvalue weighted by Crippen LogP contribution is 2.09. The fourth-order valence-corrected chi connectivity index (χ4v) is 2.15. The SMILES string of the molecule is CCN(CC)CCCCCCCCCCO[C]=O. The highest BCUT2D eigenvalue weighted by Gasteiger charge is 1.98. The molecular formula is C15H30NO2. The molecule has 0 aliphatic heterocycles. The van der Waals surface area contributed by atoms with Gasteiger partial charge in [0.2, 0.25) is 0 Å². The van der Waals surface area contributed by atoms with Gasteiger partial charge in [-0.3, -0.25) is 0 Å². The molecule has 0 N–H and O–H groups in total. The minimum Gasteiger partial charge on any atom is -0.457 e. The molecular weight excluding hydrogens is 226 g/mol. The number of rotatable bonds is 14. The van der Waals surface area contributed by atoms with Crippen LogP contribution in [0.2, 0.25) is 0 Å². The van der Waals surface area contributed by atoms with E-state index >= 15 is 0 Å². The molecule has 0 rings (SSSR count). The molecule has 0 fully saturated rings. The predicted octanol–water partition coefficient (Wildman–Crippen LogP) is 3.53. The van der Waals surface area contributed by atoms with E-state index in [0.29, 0.717) is 6.61 Å². The van der Waals surface area contributed by atoms with Crippen molar-refractivity contribution < 1.29 is 9.53 Å². The lowest BCUT2D eigenvalue weighted by molar-refractivity contribution is 0.268. The third kappa shape index (κ3) is 11.9. The maximum absolute atomic E-state index is 9.78. The van der Waals surface area contributed by atoms with E-state index in [1.54, 1.807) is 0 Å². The Morgan fingerprint density at radius 1 is 0.833 bits per heavy atom. The van der Waals surface area contributed by atoms with Crippen LogP contribution >= 0.6 is 0 Å². The molecule has 0 aromatic rings. The lowest BCUT2D eigenvalue weighted by atomic mass is 10.1. The van der Waals surface area contributed by atoms with Crippen LogP contribution in [-0.4, -0.2) is 37.6 Å². The Labute approximate surface area is 113 Å². The lowest BCUT2D eigenvalue weighted by Gasteiger charge is -2.17. The van der Waals surface area contributed by atoms with Crippen LogP contribution in [0, 0.1) is 0 Å². The van der Waals surface area contributed by atoms with Gasteiger partial charge < -0.3 is 9.64 Å². The zero-order chi connectivity index (χ0) is 13.5. The van der Waals surface area contributed by atoms with Crippen molar-refractivity contribution in [1.82, 2.24) is 4.90 Å². The van der Waals surface area contributed by atoms with Crippen molar-refractivity contribution in [3.63, 3.8) is 0 Å². The van der Waals surface area contributed by atoms with Gasteiger partial charge in [-0.2, -0.15) is 0 Å². The smallest absolute Gasteiger partial charge is 0.417 e. The molecule has 0 aromatic heterocycles. The molecule has 0 aromatic carbocycles. The van der Waals surface area contributed by atoms with Gasteiger partial charge in [0.05, 0.1) is 6.61 Å². The normalized spacial score (nSPS) is 10.8. The molecule has 0 bridgehead atoms. The summed E-state index contributed by atoms with van der Waals surface area (Å²) in [5.41, 5.74) is 0. The Hall–Kier alpha value is -0.570. The van der Waals surface area contributed by atoms with E-state index < -0.39 is 0 Å². The Kier molecular flexibility index (Phi) is 14.0. The van der Waals surface area contributed by atoms with Crippen LogP contribution in [0.5, 0.6) is 0 Å². The van der Waals surface area contributed by atoms with E-state index in [4.69, 9.17) is 0 Å². The summed E-state index contributed by atoms with van der Waals surface area (Å²) < 4.78 is 4.53. The van der Waals surface area contributed by atoms with E-state index in [-0.39, 0.29) is 0 Å². The molecule has 0 unspecified atom stereocenters. The van der Waals surface area contributed by atoms with Crippen LogP contribution in [0.3, 0.4) is 0 Å². The van der Waals surface area contributed by atoms with E-state index in [2.05, 4.69) is 23.5 Å². The van der Waals surface area contributed by atoms with Crippen molar-refractivity contribution in [1.29, 1.82) is 0 Å². The third-order valence-corrected chi connectivity index (χ3v) is 3.42. The van der Waals surface area contributed by atoms with Gasteiger partial charge in [-0.05, 0) is 32.5 Å². The standard InChI is InChI=1S/C15H30NO2/c1-3-16(4-2)13-11-9-7-5-6-8-10-12-14-18-15-17/h3-14H2,1-2H3. The Balaban J connectivity index is 3.05. The third-order valence-electron chi connectivity index (χ3n) is 3.42. The van der Waals surface area contributed by atoms with Crippen LogP contribution in [0.25, 0.3) is 0 Å². The monoisotopic (exact) mass is 256 g/mol. The fraction of sp³-hybridized carbons (Fsp3) is 0.933. The van der Waals surface area contributed by atoms with Crippen molar-refractivity contribution in [3.8, 4) is 0 Å². The largest absolute Gasteiger partial charge is 0.457 e. The molecule has 0 atom stereocenters. The molecule has 0 saturated heterocycles. The summed E-state index contributed by atoms with van der Waals surface area (Å²) in [5, 5.41) is 0. The second-order valence-electron chi connectivity index (χ2n) is 4.79. The van der Waals surface area contributed by atoms with Gasteiger partial charge in [0, 0.05) is 0 Å². The summed E-state index contributed by atoms with van der Waals surface area (Å²) in [5.74, 6) is 0. The van der Waals surface area contributed by atoms with Gasteiger partial charge >= 0.3 is 6.47 Å². The molecule has 1 radical (unpaired) electrons. The van der Waals surface area contributed by atoms with Crippen LogP contribution < -0.4 is 0 Å². The lowest BCUT2D eigenvalue weighted by Crippen LogP contribution is -2.23. The van der Waals surface area contributed by atoms with Crippen molar-refractivity contribution in [2.75, 3.05) is 26.2 Å². The van der Waals surface area contributed by atoms with Crippen LogP contribution in [0.15, 0.2) is 0 Å². The first-order chi connectivity index (χ1) is 8.85. The second-order valence-corrected chi connectivity index (χ2v) is 4.79. The Bertz CT molecular complexity index is 170. The van der Waals surface area contributed by atoms with Crippen LogP contribution in [-0.2, 0) is 9.53 Å². The molecule has 18 heavy (non-hydrogen) atoms. The molecule has 0 spiro atoms. The molecule has 0 aliphatic carbocycles. The molecule has 0 saturated carbocycles. The van der Waals surface area contributed by atoms with E-state index in [1.165, 1.54) is 71.1 Å². The highest BCUT2D eigenvalue weighted by molar-refractivity contribution is 5.37. The number of nitrogens with zero attached hydrogens (tertiary/aromatic N) is 1. The van der Waals surface area contributed by atoms with Crippen molar-refractivity contribution >= 4 is 6.47 Å². The van der Waals surface area contributed by atoms with Gasteiger partial charge in [-0.15, -0.1) is 0 Å². The van der Waals surface area contributed by atoms with Gasteiger partial charge in [-0.1, -0.05) is 52.4 Å². The van der Waals surface area contributed by atoms with Crippen molar-refractivity contribution in [2.45, 2.75) is 65.2 Å². The van der Waals surface area contributed by atoms with Gasteiger partial charge in [-0.25, -0.2) is 4.79 Å². The number of ether oxygens (including phenoxy) is 1.